The van der Waals surface area contributed by atoms with Crippen molar-refractivity contribution >= 4 is 17.7 Å². The summed E-state index contributed by atoms with van der Waals surface area (Å²) in [6, 6.07) is 9.43. The molecule has 0 bridgehead atoms. The smallest absolute Gasteiger partial charge is 0.253 e. The lowest BCUT2D eigenvalue weighted by Gasteiger charge is -2.22. The van der Waals surface area contributed by atoms with Crippen molar-refractivity contribution in [3.8, 4) is 0 Å². The lowest BCUT2D eigenvalue weighted by Crippen LogP contribution is -2.40. The summed E-state index contributed by atoms with van der Waals surface area (Å²) in [6.07, 6.45) is 4.21. The third-order valence-electron chi connectivity index (χ3n) is 4.76. The molecule has 0 spiro atoms. The van der Waals surface area contributed by atoms with E-state index in [1.54, 1.807) is 0 Å². The van der Waals surface area contributed by atoms with Gasteiger partial charge < -0.3 is 10.1 Å². The van der Waals surface area contributed by atoms with E-state index >= 15 is 0 Å². The van der Waals surface area contributed by atoms with Gasteiger partial charge in [-0.15, -0.1) is 0 Å². The van der Waals surface area contributed by atoms with E-state index in [9.17, 15) is 14.4 Å². The Morgan fingerprint density at radius 2 is 1.76 bits per heavy atom. The predicted octanol–water partition coefficient (Wildman–Crippen LogP) is 1.95. The van der Waals surface area contributed by atoms with Crippen molar-refractivity contribution in [2.24, 2.45) is 0 Å². The second-order valence-corrected chi connectivity index (χ2v) is 6.56. The standard InChI is InChI=1S/C19H24N2O4/c22-16-10-11-17(23)21(16)13-12-20-19(24)18(14-6-2-1-3-7-14)25-15-8-4-5-9-15/h1-3,6-7,15,18H,4-5,8-13H2,(H,20,24)/t18-/m1/s1. The summed E-state index contributed by atoms with van der Waals surface area (Å²) in [5, 5.41) is 2.81. The Morgan fingerprint density at radius 3 is 2.40 bits per heavy atom. The molecule has 3 rings (SSSR count). The third-order valence-corrected chi connectivity index (χ3v) is 4.76. The van der Waals surface area contributed by atoms with Gasteiger partial charge in [0.25, 0.3) is 5.91 Å². The number of carbonyl (C=O) groups excluding carboxylic acids is 3. The largest absolute Gasteiger partial charge is 0.360 e. The number of hydrogen-bond donors (Lipinski definition) is 1. The molecule has 1 aliphatic heterocycles. The van der Waals surface area contributed by atoms with Crippen LogP contribution in [0.15, 0.2) is 30.3 Å². The number of likely N-dealkylation sites (tertiary alicyclic amines) is 1. The van der Waals surface area contributed by atoms with E-state index in [2.05, 4.69) is 5.32 Å². The van der Waals surface area contributed by atoms with Gasteiger partial charge >= 0.3 is 0 Å². The molecule has 1 saturated carbocycles. The first-order valence-electron chi connectivity index (χ1n) is 8.96. The van der Waals surface area contributed by atoms with Crippen molar-refractivity contribution in [3.05, 3.63) is 35.9 Å². The SMILES string of the molecule is O=C(NCCN1C(=O)CCC1=O)[C@H](OC1CCCC1)c1ccccc1. The highest BCUT2D eigenvalue weighted by atomic mass is 16.5. The second-order valence-electron chi connectivity index (χ2n) is 6.56. The maximum atomic E-state index is 12.6. The molecule has 1 aromatic carbocycles. The van der Waals surface area contributed by atoms with Crippen LogP contribution in [-0.2, 0) is 19.1 Å². The van der Waals surface area contributed by atoms with Crippen LogP contribution in [0.4, 0.5) is 0 Å². The number of benzene rings is 1. The van der Waals surface area contributed by atoms with Gasteiger partial charge in [-0.05, 0) is 18.4 Å². The molecule has 1 heterocycles. The Morgan fingerprint density at radius 1 is 1.12 bits per heavy atom. The van der Waals surface area contributed by atoms with Crippen LogP contribution in [-0.4, -0.2) is 41.8 Å². The molecule has 1 aliphatic carbocycles. The highest BCUT2D eigenvalue weighted by molar-refractivity contribution is 6.01. The number of nitrogens with one attached hydrogen (secondary N) is 1. The van der Waals surface area contributed by atoms with E-state index in [0.29, 0.717) is 0 Å². The van der Waals surface area contributed by atoms with Crippen LogP contribution in [0.2, 0.25) is 0 Å². The van der Waals surface area contributed by atoms with E-state index < -0.39 is 6.10 Å². The van der Waals surface area contributed by atoms with Crippen LogP contribution >= 0.6 is 0 Å². The van der Waals surface area contributed by atoms with E-state index in [4.69, 9.17) is 4.74 Å². The van der Waals surface area contributed by atoms with E-state index in [1.807, 2.05) is 30.3 Å². The lowest BCUT2D eigenvalue weighted by molar-refractivity contribution is -0.140. The van der Waals surface area contributed by atoms with Crippen molar-refractivity contribution < 1.29 is 19.1 Å². The first-order chi connectivity index (χ1) is 12.1. The van der Waals surface area contributed by atoms with Gasteiger partial charge in [0.15, 0.2) is 6.10 Å². The Labute approximate surface area is 147 Å². The minimum Gasteiger partial charge on any atom is -0.360 e. The number of amides is 3. The van der Waals surface area contributed by atoms with Crippen LogP contribution < -0.4 is 5.32 Å². The molecule has 3 amide bonds. The molecule has 1 aromatic rings. The highest BCUT2D eigenvalue weighted by Crippen LogP contribution is 2.28. The molecule has 1 saturated heterocycles. The summed E-state index contributed by atoms with van der Waals surface area (Å²) in [4.78, 5) is 37.1. The van der Waals surface area contributed by atoms with Gasteiger partial charge in [-0.25, -0.2) is 0 Å². The Kier molecular flexibility index (Phi) is 5.81. The lowest BCUT2D eigenvalue weighted by atomic mass is 10.1. The second kappa shape index (κ2) is 8.25. The number of imide groups is 1. The molecular formula is C19H24N2O4. The van der Waals surface area contributed by atoms with E-state index in [-0.39, 0.29) is 49.8 Å². The van der Waals surface area contributed by atoms with Crippen LogP contribution in [0.3, 0.4) is 0 Å². The molecule has 6 heteroatoms. The normalized spacial score (nSPS) is 19.4. The van der Waals surface area contributed by atoms with Crippen LogP contribution in [0.1, 0.15) is 50.2 Å². The third kappa shape index (κ3) is 4.45. The number of nitrogens with zero attached hydrogens (tertiary/aromatic N) is 1. The number of ether oxygens (including phenoxy) is 1. The molecule has 2 fully saturated rings. The van der Waals surface area contributed by atoms with Crippen molar-refractivity contribution in [2.45, 2.75) is 50.7 Å². The van der Waals surface area contributed by atoms with Gasteiger partial charge in [0.05, 0.1) is 6.10 Å². The van der Waals surface area contributed by atoms with Crippen molar-refractivity contribution in [3.63, 3.8) is 0 Å². The fourth-order valence-electron chi connectivity index (χ4n) is 3.39. The van der Waals surface area contributed by atoms with Gasteiger partial charge in [0, 0.05) is 25.9 Å². The molecule has 0 aromatic heterocycles. The summed E-state index contributed by atoms with van der Waals surface area (Å²) < 4.78 is 6.06. The summed E-state index contributed by atoms with van der Waals surface area (Å²) in [5.41, 5.74) is 0.820. The minimum atomic E-state index is -0.658. The molecule has 134 valence electrons. The molecule has 6 nitrogen and oxygen atoms in total. The average Bonchev–Trinajstić information content (AvgIpc) is 3.25. The topological polar surface area (TPSA) is 75.7 Å². The Hall–Kier alpha value is -2.21. The van der Waals surface area contributed by atoms with Crippen molar-refractivity contribution in [1.29, 1.82) is 0 Å². The van der Waals surface area contributed by atoms with Gasteiger partial charge in [0.1, 0.15) is 0 Å². The molecule has 2 aliphatic rings. The monoisotopic (exact) mass is 344 g/mol. The molecule has 1 N–H and O–H groups in total. The predicted molar refractivity (Wildman–Crippen MR) is 91.5 cm³/mol. The average molecular weight is 344 g/mol. The maximum absolute atomic E-state index is 12.6. The van der Waals surface area contributed by atoms with Gasteiger partial charge in [-0.3, -0.25) is 19.3 Å². The summed E-state index contributed by atoms with van der Waals surface area (Å²) >= 11 is 0. The van der Waals surface area contributed by atoms with Gasteiger partial charge in [-0.1, -0.05) is 43.2 Å². The van der Waals surface area contributed by atoms with Crippen molar-refractivity contribution in [1.82, 2.24) is 10.2 Å². The van der Waals surface area contributed by atoms with Crippen molar-refractivity contribution in [2.75, 3.05) is 13.1 Å². The van der Waals surface area contributed by atoms with Gasteiger partial charge in [-0.2, -0.15) is 0 Å². The minimum absolute atomic E-state index is 0.109. The van der Waals surface area contributed by atoms with Crippen LogP contribution in [0.25, 0.3) is 0 Å². The number of hydrogen-bond acceptors (Lipinski definition) is 4. The Bertz CT molecular complexity index is 610. The molecule has 0 unspecified atom stereocenters. The van der Waals surface area contributed by atoms with Crippen LogP contribution in [0.5, 0.6) is 0 Å². The maximum Gasteiger partial charge on any atom is 0.253 e. The fraction of sp³-hybridized carbons (Fsp3) is 0.526. The first-order valence-corrected chi connectivity index (χ1v) is 8.96. The fourth-order valence-corrected chi connectivity index (χ4v) is 3.39. The molecule has 0 radical (unpaired) electrons. The summed E-state index contributed by atoms with van der Waals surface area (Å²) in [5.74, 6) is -0.556. The quantitative estimate of drug-likeness (QED) is 0.767. The zero-order chi connectivity index (χ0) is 17.6. The molecule has 25 heavy (non-hydrogen) atoms. The molecular weight excluding hydrogens is 320 g/mol. The van der Waals surface area contributed by atoms with Gasteiger partial charge in [0.2, 0.25) is 11.8 Å². The van der Waals surface area contributed by atoms with E-state index in [0.717, 1.165) is 31.2 Å². The van der Waals surface area contributed by atoms with E-state index in [1.165, 1.54) is 4.90 Å². The molecule has 1 atom stereocenters. The summed E-state index contributed by atoms with van der Waals surface area (Å²) in [7, 11) is 0. The summed E-state index contributed by atoms with van der Waals surface area (Å²) in [6.45, 7) is 0.460. The zero-order valence-corrected chi connectivity index (χ0v) is 14.3. The highest BCUT2D eigenvalue weighted by Gasteiger charge is 2.30. The zero-order valence-electron chi connectivity index (χ0n) is 14.3. The number of carbonyl (C=O) groups is 3. The number of rotatable bonds is 7. The first kappa shape index (κ1) is 17.6. The Balaban J connectivity index is 1.58. The van der Waals surface area contributed by atoms with Crippen LogP contribution in [0, 0.1) is 0 Å².